The van der Waals surface area contributed by atoms with Crippen LogP contribution in [0.1, 0.15) is 38.5 Å². The number of hydrogen-bond donors (Lipinski definition) is 0. The SMILES string of the molecule is Brc1cc(N2CCC3(CCCC3)CC2)ncn1. The van der Waals surface area contributed by atoms with Crippen molar-refractivity contribution in [3.05, 3.63) is 17.0 Å². The molecular weight excluding hydrogens is 278 g/mol. The van der Waals surface area contributed by atoms with E-state index in [4.69, 9.17) is 0 Å². The molecule has 1 aliphatic heterocycles. The summed E-state index contributed by atoms with van der Waals surface area (Å²) in [6, 6.07) is 2.02. The van der Waals surface area contributed by atoms with Gasteiger partial charge in [0.2, 0.25) is 0 Å². The normalized spacial score (nSPS) is 23.2. The minimum Gasteiger partial charge on any atom is -0.356 e. The first-order valence-electron chi connectivity index (χ1n) is 6.50. The van der Waals surface area contributed by atoms with Gasteiger partial charge in [-0.2, -0.15) is 0 Å². The van der Waals surface area contributed by atoms with Gasteiger partial charge in [0.15, 0.2) is 0 Å². The Kier molecular flexibility index (Phi) is 3.07. The second-order valence-electron chi connectivity index (χ2n) is 5.39. The van der Waals surface area contributed by atoms with E-state index >= 15 is 0 Å². The maximum Gasteiger partial charge on any atom is 0.133 e. The molecular formula is C13H18BrN3. The Balaban J connectivity index is 1.68. The Bertz CT molecular complexity index is 391. The molecule has 2 heterocycles. The van der Waals surface area contributed by atoms with Gasteiger partial charge in [0, 0.05) is 19.2 Å². The molecule has 1 aromatic rings. The summed E-state index contributed by atoms with van der Waals surface area (Å²) < 4.78 is 0.878. The first-order valence-corrected chi connectivity index (χ1v) is 7.29. The molecule has 92 valence electrons. The van der Waals surface area contributed by atoms with Crippen molar-refractivity contribution >= 4 is 21.7 Å². The number of aromatic nitrogens is 2. The molecule has 3 nitrogen and oxygen atoms in total. The van der Waals surface area contributed by atoms with Gasteiger partial charge in [0.1, 0.15) is 16.7 Å². The average Bonchev–Trinajstić information content (AvgIpc) is 2.79. The summed E-state index contributed by atoms with van der Waals surface area (Å²) in [5.74, 6) is 1.07. The van der Waals surface area contributed by atoms with Crippen LogP contribution in [-0.4, -0.2) is 23.1 Å². The monoisotopic (exact) mass is 295 g/mol. The van der Waals surface area contributed by atoms with Crippen molar-refractivity contribution in [2.24, 2.45) is 5.41 Å². The van der Waals surface area contributed by atoms with Crippen molar-refractivity contribution in [2.75, 3.05) is 18.0 Å². The third-order valence-corrected chi connectivity index (χ3v) is 4.87. The predicted molar refractivity (Wildman–Crippen MR) is 72.1 cm³/mol. The summed E-state index contributed by atoms with van der Waals surface area (Å²) in [4.78, 5) is 10.8. The minimum atomic E-state index is 0.681. The Hall–Kier alpha value is -0.640. The van der Waals surface area contributed by atoms with E-state index in [1.807, 2.05) is 6.07 Å². The van der Waals surface area contributed by atoms with Crippen molar-refractivity contribution in [2.45, 2.75) is 38.5 Å². The molecule has 0 atom stereocenters. The molecule has 4 heteroatoms. The van der Waals surface area contributed by atoms with Crippen LogP contribution in [0.25, 0.3) is 0 Å². The van der Waals surface area contributed by atoms with Crippen LogP contribution in [0, 0.1) is 5.41 Å². The highest BCUT2D eigenvalue weighted by Gasteiger charge is 2.37. The van der Waals surface area contributed by atoms with Gasteiger partial charge in [0.25, 0.3) is 0 Å². The van der Waals surface area contributed by atoms with Crippen LogP contribution in [0.5, 0.6) is 0 Å². The predicted octanol–water partition coefficient (Wildman–Crippen LogP) is 3.40. The fourth-order valence-corrected chi connectivity index (χ4v) is 3.63. The zero-order chi connectivity index (χ0) is 11.7. The number of nitrogens with zero attached hydrogens (tertiary/aromatic N) is 3. The van der Waals surface area contributed by atoms with Gasteiger partial charge in [-0.1, -0.05) is 12.8 Å². The van der Waals surface area contributed by atoms with Gasteiger partial charge in [0.05, 0.1) is 0 Å². The number of hydrogen-bond acceptors (Lipinski definition) is 3. The molecule has 0 N–H and O–H groups in total. The zero-order valence-corrected chi connectivity index (χ0v) is 11.6. The second kappa shape index (κ2) is 4.56. The first-order chi connectivity index (χ1) is 8.27. The lowest BCUT2D eigenvalue weighted by Gasteiger charge is -2.39. The lowest BCUT2D eigenvalue weighted by Crippen LogP contribution is -2.39. The smallest absolute Gasteiger partial charge is 0.133 e. The van der Waals surface area contributed by atoms with Gasteiger partial charge in [-0.25, -0.2) is 9.97 Å². The van der Waals surface area contributed by atoms with Crippen molar-refractivity contribution in [3.63, 3.8) is 0 Å². The van der Waals surface area contributed by atoms with E-state index in [9.17, 15) is 0 Å². The average molecular weight is 296 g/mol. The summed E-state index contributed by atoms with van der Waals surface area (Å²) in [6.07, 6.45) is 10.1. The van der Waals surface area contributed by atoms with E-state index in [0.717, 1.165) is 23.5 Å². The topological polar surface area (TPSA) is 29.0 Å². The van der Waals surface area contributed by atoms with Crippen LogP contribution in [0.2, 0.25) is 0 Å². The van der Waals surface area contributed by atoms with Crippen LogP contribution >= 0.6 is 15.9 Å². The minimum absolute atomic E-state index is 0.681. The van der Waals surface area contributed by atoms with Gasteiger partial charge in [-0.15, -0.1) is 0 Å². The number of halogens is 1. The molecule has 2 aliphatic rings. The van der Waals surface area contributed by atoms with E-state index < -0.39 is 0 Å². The molecule has 1 aromatic heterocycles. The molecule has 3 rings (SSSR count). The lowest BCUT2D eigenvalue weighted by molar-refractivity contribution is 0.226. The molecule has 1 saturated carbocycles. The van der Waals surface area contributed by atoms with E-state index in [0.29, 0.717) is 5.41 Å². The fourth-order valence-electron chi connectivity index (χ4n) is 3.33. The van der Waals surface area contributed by atoms with Crippen molar-refractivity contribution in [1.82, 2.24) is 9.97 Å². The quantitative estimate of drug-likeness (QED) is 0.744. The maximum atomic E-state index is 4.36. The van der Waals surface area contributed by atoms with E-state index in [-0.39, 0.29) is 0 Å². The molecule has 1 saturated heterocycles. The highest BCUT2D eigenvalue weighted by molar-refractivity contribution is 9.10. The zero-order valence-electron chi connectivity index (χ0n) is 10.0. The van der Waals surface area contributed by atoms with Crippen LogP contribution in [0.15, 0.2) is 17.0 Å². The van der Waals surface area contributed by atoms with Gasteiger partial charge < -0.3 is 4.90 Å². The second-order valence-corrected chi connectivity index (χ2v) is 6.21. The van der Waals surface area contributed by atoms with E-state index in [2.05, 4.69) is 30.8 Å². The highest BCUT2D eigenvalue weighted by atomic mass is 79.9. The summed E-state index contributed by atoms with van der Waals surface area (Å²) >= 11 is 3.41. The van der Waals surface area contributed by atoms with Crippen LogP contribution in [0.3, 0.4) is 0 Å². The van der Waals surface area contributed by atoms with Crippen molar-refractivity contribution in [1.29, 1.82) is 0 Å². The molecule has 1 aliphatic carbocycles. The largest absolute Gasteiger partial charge is 0.356 e. The third-order valence-electron chi connectivity index (χ3n) is 4.43. The summed E-state index contributed by atoms with van der Waals surface area (Å²) in [7, 11) is 0. The van der Waals surface area contributed by atoms with Crippen molar-refractivity contribution < 1.29 is 0 Å². The Labute approximate surface area is 111 Å². The number of rotatable bonds is 1. The molecule has 0 unspecified atom stereocenters. The van der Waals surface area contributed by atoms with Gasteiger partial charge in [-0.05, 0) is 47.0 Å². The molecule has 2 fully saturated rings. The third kappa shape index (κ3) is 2.32. The standard InChI is InChI=1S/C13H18BrN3/c14-11-9-12(16-10-15-11)17-7-5-13(6-8-17)3-1-2-4-13/h9-10H,1-8H2. The summed E-state index contributed by atoms with van der Waals surface area (Å²) in [5.41, 5.74) is 0.681. The van der Waals surface area contributed by atoms with Crippen LogP contribution in [-0.2, 0) is 0 Å². The Morgan fingerprint density at radius 2 is 1.76 bits per heavy atom. The number of piperidine rings is 1. The number of anilines is 1. The molecule has 0 bridgehead atoms. The lowest BCUT2D eigenvalue weighted by atomic mass is 9.77. The molecule has 0 aromatic carbocycles. The van der Waals surface area contributed by atoms with Crippen LogP contribution in [0.4, 0.5) is 5.82 Å². The van der Waals surface area contributed by atoms with E-state index in [1.54, 1.807) is 6.33 Å². The van der Waals surface area contributed by atoms with Crippen LogP contribution < -0.4 is 4.90 Å². The maximum absolute atomic E-state index is 4.36. The molecule has 0 amide bonds. The fraction of sp³-hybridized carbons (Fsp3) is 0.692. The Morgan fingerprint density at radius 3 is 2.41 bits per heavy atom. The van der Waals surface area contributed by atoms with Gasteiger partial charge >= 0.3 is 0 Å². The molecule has 1 spiro atoms. The van der Waals surface area contributed by atoms with Crippen molar-refractivity contribution in [3.8, 4) is 0 Å². The summed E-state index contributed by atoms with van der Waals surface area (Å²) in [5, 5.41) is 0. The first kappa shape index (κ1) is 11.5. The van der Waals surface area contributed by atoms with Gasteiger partial charge in [-0.3, -0.25) is 0 Å². The van der Waals surface area contributed by atoms with E-state index in [1.165, 1.54) is 38.5 Å². The summed E-state index contributed by atoms with van der Waals surface area (Å²) in [6.45, 7) is 2.31. The molecule has 17 heavy (non-hydrogen) atoms. The Morgan fingerprint density at radius 1 is 1.06 bits per heavy atom. The highest BCUT2D eigenvalue weighted by Crippen LogP contribution is 2.46. The molecule has 0 radical (unpaired) electrons.